The Morgan fingerprint density at radius 2 is 1.57 bits per heavy atom. The number of ether oxygens (including phenoxy) is 1. The van der Waals surface area contributed by atoms with E-state index in [4.69, 9.17) is 4.74 Å². The molecule has 0 aliphatic carbocycles. The molecule has 5 heteroatoms. The molecule has 1 unspecified atom stereocenters. The van der Waals surface area contributed by atoms with Gasteiger partial charge in [-0.2, -0.15) is 0 Å². The third kappa shape index (κ3) is 5.28. The molecule has 2 aromatic rings. The molecule has 0 saturated heterocycles. The van der Waals surface area contributed by atoms with Crippen LogP contribution >= 0.6 is 0 Å². The van der Waals surface area contributed by atoms with E-state index in [1.165, 1.54) is 6.92 Å². The van der Waals surface area contributed by atoms with Gasteiger partial charge >= 0.3 is 5.97 Å². The van der Waals surface area contributed by atoms with Gasteiger partial charge in [-0.15, -0.1) is 0 Å². The van der Waals surface area contributed by atoms with E-state index in [0.717, 1.165) is 11.1 Å². The van der Waals surface area contributed by atoms with Crippen molar-refractivity contribution in [3.05, 3.63) is 71.8 Å². The third-order valence-electron chi connectivity index (χ3n) is 4.83. The smallest absolute Gasteiger partial charge is 0.320 e. The van der Waals surface area contributed by atoms with Gasteiger partial charge in [-0.05, 0) is 38.3 Å². The summed E-state index contributed by atoms with van der Waals surface area (Å²) in [6.45, 7) is 5.03. The van der Waals surface area contributed by atoms with Gasteiger partial charge in [0.15, 0.2) is 0 Å². The van der Waals surface area contributed by atoms with Crippen LogP contribution in [0.3, 0.4) is 0 Å². The van der Waals surface area contributed by atoms with E-state index in [9.17, 15) is 14.4 Å². The molecule has 2 atom stereocenters. The third-order valence-corrected chi connectivity index (χ3v) is 4.83. The van der Waals surface area contributed by atoms with E-state index < -0.39 is 11.4 Å². The molecule has 1 N–H and O–H groups in total. The molecule has 0 aliphatic rings. The second-order valence-corrected chi connectivity index (χ2v) is 6.90. The molecule has 0 heterocycles. The summed E-state index contributed by atoms with van der Waals surface area (Å²) < 4.78 is 5.19. The van der Waals surface area contributed by atoms with Crippen LogP contribution in [-0.2, 0) is 25.5 Å². The summed E-state index contributed by atoms with van der Waals surface area (Å²) in [5.41, 5.74) is 0.204. The topological polar surface area (TPSA) is 72.5 Å². The van der Waals surface area contributed by atoms with Crippen LogP contribution in [0, 0.1) is 5.41 Å². The summed E-state index contributed by atoms with van der Waals surface area (Å²) in [4.78, 5) is 38.2. The summed E-state index contributed by atoms with van der Waals surface area (Å²) in [5, 5.41) is 2.89. The van der Waals surface area contributed by atoms with Crippen molar-refractivity contribution in [3.8, 4) is 0 Å². The van der Waals surface area contributed by atoms with Crippen molar-refractivity contribution < 1.29 is 19.1 Å². The van der Waals surface area contributed by atoms with Gasteiger partial charge in [0.2, 0.25) is 5.91 Å². The zero-order chi connectivity index (χ0) is 20.6. The summed E-state index contributed by atoms with van der Waals surface area (Å²) in [7, 11) is 0. The number of ketones is 1. The molecular formula is C23H27NO4. The Bertz CT molecular complexity index is 804. The molecule has 0 fully saturated rings. The molecule has 148 valence electrons. The molecule has 2 aromatic carbocycles. The molecule has 0 radical (unpaired) electrons. The first kappa shape index (κ1) is 21.4. The summed E-state index contributed by atoms with van der Waals surface area (Å²) in [6, 6.07) is 18.5. The fourth-order valence-electron chi connectivity index (χ4n) is 3.20. The maximum atomic E-state index is 12.8. The Balaban J connectivity index is 2.26. The molecule has 0 saturated carbocycles. The fourth-order valence-corrected chi connectivity index (χ4v) is 3.20. The van der Waals surface area contributed by atoms with Crippen molar-refractivity contribution >= 4 is 17.7 Å². The second-order valence-electron chi connectivity index (χ2n) is 6.90. The van der Waals surface area contributed by atoms with Gasteiger partial charge in [0.1, 0.15) is 11.2 Å². The Hall–Kier alpha value is -2.95. The average Bonchev–Trinajstić information content (AvgIpc) is 2.68. The number of amides is 1. The molecule has 0 spiro atoms. The number of nitrogens with one attached hydrogen (secondary N) is 1. The maximum Gasteiger partial charge on any atom is 0.320 e. The highest BCUT2D eigenvalue weighted by Crippen LogP contribution is 2.31. The quantitative estimate of drug-likeness (QED) is 0.532. The highest BCUT2D eigenvalue weighted by atomic mass is 16.5. The van der Waals surface area contributed by atoms with Gasteiger partial charge in [-0.25, -0.2) is 0 Å². The van der Waals surface area contributed by atoms with E-state index in [1.54, 1.807) is 6.92 Å². The zero-order valence-corrected chi connectivity index (χ0v) is 16.6. The zero-order valence-electron chi connectivity index (χ0n) is 16.6. The first-order valence-electron chi connectivity index (χ1n) is 9.45. The Morgan fingerprint density at radius 1 is 1.00 bits per heavy atom. The number of esters is 1. The number of Topliss-reactive ketones (excluding diaryl/α,β-unsaturated/α-hetero) is 1. The standard InChI is InChI=1S/C23H27NO4/c1-4-28-22(27)23(18(3)25,15-19-11-7-5-8-12-19)16-21(26)24-17(2)20-13-9-6-10-14-20/h5-14,17H,4,15-16H2,1-3H3,(H,24,26)/t17-,23?/m1/s1. The minimum Gasteiger partial charge on any atom is -0.465 e. The van der Waals surface area contributed by atoms with Gasteiger partial charge in [-0.1, -0.05) is 60.7 Å². The first-order chi connectivity index (χ1) is 13.4. The van der Waals surface area contributed by atoms with E-state index in [0.29, 0.717) is 0 Å². The lowest BCUT2D eigenvalue weighted by molar-refractivity contribution is -0.162. The Labute approximate surface area is 166 Å². The van der Waals surface area contributed by atoms with Crippen molar-refractivity contribution in [2.75, 3.05) is 6.61 Å². The first-order valence-corrected chi connectivity index (χ1v) is 9.45. The molecule has 0 aromatic heterocycles. The van der Waals surface area contributed by atoms with Gasteiger partial charge in [0.05, 0.1) is 19.1 Å². The van der Waals surface area contributed by atoms with Crippen LogP contribution in [0.2, 0.25) is 0 Å². The number of benzene rings is 2. The van der Waals surface area contributed by atoms with Gasteiger partial charge in [0, 0.05) is 0 Å². The number of rotatable bonds is 9. The number of carbonyl (C=O) groups is 3. The minimum absolute atomic E-state index is 0.120. The van der Waals surface area contributed by atoms with Crippen molar-refractivity contribution in [2.45, 2.75) is 39.7 Å². The predicted octanol–water partition coefficient (Wildman–Crippen LogP) is 3.64. The number of hydrogen-bond donors (Lipinski definition) is 1. The van der Waals surface area contributed by atoms with Crippen LogP contribution in [0.25, 0.3) is 0 Å². The maximum absolute atomic E-state index is 12.8. The lowest BCUT2D eigenvalue weighted by Crippen LogP contribution is -2.45. The number of hydrogen-bond acceptors (Lipinski definition) is 4. The van der Waals surface area contributed by atoms with E-state index >= 15 is 0 Å². The molecule has 0 aliphatic heterocycles. The van der Waals surface area contributed by atoms with Crippen molar-refractivity contribution in [3.63, 3.8) is 0 Å². The van der Waals surface area contributed by atoms with Gasteiger partial charge in [0.25, 0.3) is 0 Å². The molecule has 1 amide bonds. The Kier molecular flexibility index (Phi) is 7.50. The normalized spacial score (nSPS) is 13.8. The van der Waals surface area contributed by atoms with Crippen LogP contribution in [0.4, 0.5) is 0 Å². The lowest BCUT2D eigenvalue weighted by atomic mass is 9.75. The van der Waals surface area contributed by atoms with Crippen LogP contribution < -0.4 is 5.32 Å². The average molecular weight is 381 g/mol. The SMILES string of the molecule is CCOC(=O)C(CC(=O)N[C@H](C)c1ccccc1)(Cc1ccccc1)C(C)=O. The molecule has 28 heavy (non-hydrogen) atoms. The van der Waals surface area contributed by atoms with Crippen molar-refractivity contribution in [1.82, 2.24) is 5.32 Å². The molecule has 5 nitrogen and oxygen atoms in total. The molecular weight excluding hydrogens is 354 g/mol. The number of carbonyl (C=O) groups excluding carboxylic acids is 3. The van der Waals surface area contributed by atoms with Gasteiger partial charge in [-0.3, -0.25) is 14.4 Å². The largest absolute Gasteiger partial charge is 0.465 e. The lowest BCUT2D eigenvalue weighted by Gasteiger charge is -2.29. The summed E-state index contributed by atoms with van der Waals surface area (Å²) in [6.07, 6.45) is -0.137. The fraction of sp³-hybridized carbons (Fsp3) is 0.348. The Morgan fingerprint density at radius 3 is 2.11 bits per heavy atom. The van der Waals surface area contributed by atoms with E-state index in [2.05, 4.69) is 5.32 Å². The van der Waals surface area contributed by atoms with Crippen LogP contribution in [0.15, 0.2) is 60.7 Å². The van der Waals surface area contributed by atoms with Crippen molar-refractivity contribution in [2.24, 2.45) is 5.41 Å². The molecule has 2 rings (SSSR count). The summed E-state index contributed by atoms with van der Waals surface area (Å²) >= 11 is 0. The van der Waals surface area contributed by atoms with Crippen LogP contribution in [0.1, 0.15) is 44.4 Å². The highest BCUT2D eigenvalue weighted by molar-refractivity contribution is 6.06. The minimum atomic E-state index is -1.54. The van der Waals surface area contributed by atoms with Crippen LogP contribution in [0.5, 0.6) is 0 Å². The summed E-state index contributed by atoms with van der Waals surface area (Å²) in [5.74, 6) is -1.40. The van der Waals surface area contributed by atoms with Crippen LogP contribution in [-0.4, -0.2) is 24.3 Å². The van der Waals surface area contributed by atoms with Gasteiger partial charge < -0.3 is 10.1 Å². The second kappa shape index (κ2) is 9.83. The van der Waals surface area contributed by atoms with E-state index in [-0.39, 0.29) is 37.2 Å². The monoisotopic (exact) mass is 381 g/mol. The van der Waals surface area contributed by atoms with Crippen molar-refractivity contribution in [1.29, 1.82) is 0 Å². The van der Waals surface area contributed by atoms with E-state index in [1.807, 2.05) is 67.6 Å². The predicted molar refractivity (Wildman–Crippen MR) is 108 cm³/mol. The highest BCUT2D eigenvalue weighted by Gasteiger charge is 2.46. The molecule has 0 bridgehead atoms.